The Morgan fingerprint density at radius 3 is 2.00 bits per heavy atom. The molecule has 0 aromatic rings. The van der Waals surface area contributed by atoms with Crippen molar-refractivity contribution in [2.24, 2.45) is 0 Å². The van der Waals surface area contributed by atoms with Crippen molar-refractivity contribution in [3.8, 4) is 0 Å². The molecule has 0 aromatic heterocycles. The largest absolute Gasteiger partial charge is 0.257 e. The van der Waals surface area contributed by atoms with Gasteiger partial charge in [-0.2, -0.15) is 0 Å². The lowest BCUT2D eigenvalue weighted by molar-refractivity contribution is 0.689. The summed E-state index contributed by atoms with van der Waals surface area (Å²) < 4.78 is 0. The quantitative estimate of drug-likeness (QED) is 0.438. The van der Waals surface area contributed by atoms with Crippen molar-refractivity contribution in [3.63, 3.8) is 0 Å². The Hall–Kier alpha value is 0.270. The van der Waals surface area contributed by atoms with Gasteiger partial charge in [-0.1, -0.05) is 12.6 Å². The van der Waals surface area contributed by atoms with Crippen molar-refractivity contribution in [3.05, 3.63) is 0 Å². The van der Waals surface area contributed by atoms with Gasteiger partial charge >= 0.3 is 0 Å². The molecule has 0 atom stereocenters. The maximum absolute atomic E-state index is 4.88. The summed E-state index contributed by atoms with van der Waals surface area (Å²) in [6.07, 6.45) is 0. The van der Waals surface area contributed by atoms with Gasteiger partial charge in [-0.3, -0.25) is 10.9 Å². The molecular weight excluding hydrogens is 96.1 g/mol. The van der Waals surface area contributed by atoms with Crippen LogP contribution in [-0.4, -0.2) is 18.3 Å². The third-order valence-electron chi connectivity index (χ3n) is 0.784. The molecule has 0 aliphatic carbocycles. The lowest BCUT2D eigenvalue weighted by Crippen LogP contribution is -2.21. The number of hydrazine groups is 1. The average molecular weight is 103 g/mol. The molecule has 0 amide bonds. The monoisotopic (exact) mass is 103 g/mol. The molecule has 2 N–H and O–H groups in total. The number of nitrogens with one attached hydrogen (secondary N) is 2. The molecule has 0 aromatic carbocycles. The van der Waals surface area contributed by atoms with Crippen LogP contribution in [0.1, 0.15) is 0 Å². The van der Waals surface area contributed by atoms with Crippen LogP contribution in [0, 0.1) is 0 Å². The standard InChI is InChI=1S/C3H7N2S/c6-3-1-4-5-2-3/h3-5H,1-2H2. The summed E-state index contributed by atoms with van der Waals surface area (Å²) in [5, 5.41) is 0.407. The van der Waals surface area contributed by atoms with Gasteiger partial charge < -0.3 is 0 Å². The summed E-state index contributed by atoms with van der Waals surface area (Å²) in [4.78, 5) is 0. The van der Waals surface area contributed by atoms with Gasteiger partial charge in [0.2, 0.25) is 0 Å². The fraction of sp³-hybridized carbons (Fsp3) is 1.00. The molecule has 0 saturated carbocycles. The van der Waals surface area contributed by atoms with Gasteiger partial charge in [0.25, 0.3) is 0 Å². The molecule has 0 unspecified atom stereocenters. The topological polar surface area (TPSA) is 24.1 Å². The highest BCUT2D eigenvalue weighted by molar-refractivity contribution is 7.81. The third-order valence-corrected chi connectivity index (χ3v) is 1.12. The molecule has 2 nitrogen and oxygen atoms in total. The lowest BCUT2D eigenvalue weighted by Gasteiger charge is -1.86. The van der Waals surface area contributed by atoms with Crippen LogP contribution in [0.15, 0.2) is 0 Å². The third kappa shape index (κ3) is 0.864. The molecule has 3 heteroatoms. The van der Waals surface area contributed by atoms with Crippen molar-refractivity contribution < 1.29 is 0 Å². The van der Waals surface area contributed by atoms with E-state index in [0.29, 0.717) is 5.25 Å². The number of hydrogen-bond donors (Lipinski definition) is 2. The van der Waals surface area contributed by atoms with Crippen LogP contribution >= 0.6 is 12.6 Å². The van der Waals surface area contributed by atoms with E-state index in [1.54, 1.807) is 0 Å². The van der Waals surface area contributed by atoms with Crippen LogP contribution in [-0.2, 0) is 0 Å². The molecule has 1 aliphatic heterocycles. The molecular formula is C3H7N2S. The summed E-state index contributed by atoms with van der Waals surface area (Å²) in [7, 11) is 0. The molecule has 1 saturated heterocycles. The minimum absolute atomic E-state index is 0.407. The van der Waals surface area contributed by atoms with E-state index in [-0.39, 0.29) is 0 Å². The minimum Gasteiger partial charge on any atom is -0.257 e. The van der Waals surface area contributed by atoms with Crippen molar-refractivity contribution in [1.29, 1.82) is 0 Å². The summed E-state index contributed by atoms with van der Waals surface area (Å²) in [6, 6.07) is 0. The van der Waals surface area contributed by atoms with Crippen LogP contribution in [0.3, 0.4) is 0 Å². The molecule has 1 heterocycles. The molecule has 0 spiro atoms. The van der Waals surface area contributed by atoms with Crippen molar-refractivity contribution >= 4 is 12.6 Å². The Kier molecular flexibility index (Phi) is 1.34. The first-order chi connectivity index (χ1) is 2.89. The van der Waals surface area contributed by atoms with Gasteiger partial charge in [-0.25, -0.2) is 0 Å². The van der Waals surface area contributed by atoms with E-state index in [1.165, 1.54) is 0 Å². The van der Waals surface area contributed by atoms with Crippen LogP contribution < -0.4 is 10.9 Å². The fourth-order valence-corrected chi connectivity index (χ4v) is 0.611. The molecule has 1 rings (SSSR count). The van der Waals surface area contributed by atoms with E-state index in [1.807, 2.05) is 0 Å². The Bertz CT molecular complexity index is 42.1. The maximum atomic E-state index is 4.88. The second-order valence-electron chi connectivity index (χ2n) is 1.38. The Labute approximate surface area is 42.7 Å². The summed E-state index contributed by atoms with van der Waals surface area (Å²) >= 11 is 4.88. The minimum atomic E-state index is 0.407. The first kappa shape index (κ1) is 4.43. The Morgan fingerprint density at radius 1 is 1.33 bits per heavy atom. The van der Waals surface area contributed by atoms with Gasteiger partial charge in [0.15, 0.2) is 0 Å². The smallest absolute Gasteiger partial charge is 0.0428 e. The fourth-order valence-electron chi connectivity index (χ4n) is 0.444. The second-order valence-corrected chi connectivity index (χ2v) is 2.05. The zero-order valence-corrected chi connectivity index (χ0v) is 4.22. The normalized spacial score (nSPS) is 25.5. The zero-order valence-electron chi connectivity index (χ0n) is 3.40. The Morgan fingerprint density at radius 2 is 1.83 bits per heavy atom. The van der Waals surface area contributed by atoms with Gasteiger partial charge in [0.1, 0.15) is 0 Å². The molecule has 1 radical (unpaired) electrons. The molecule has 1 aliphatic rings. The van der Waals surface area contributed by atoms with E-state index >= 15 is 0 Å². The van der Waals surface area contributed by atoms with Crippen molar-refractivity contribution in [2.45, 2.75) is 5.25 Å². The molecule has 0 bridgehead atoms. The van der Waals surface area contributed by atoms with Crippen molar-refractivity contribution in [2.75, 3.05) is 13.1 Å². The zero-order chi connectivity index (χ0) is 4.41. The maximum Gasteiger partial charge on any atom is 0.0428 e. The Balaban J connectivity index is 2.18. The lowest BCUT2D eigenvalue weighted by atomic mass is 10.5. The van der Waals surface area contributed by atoms with Crippen molar-refractivity contribution in [1.82, 2.24) is 10.9 Å². The predicted octanol–water partition coefficient (Wildman–Crippen LogP) is -0.340. The van der Waals surface area contributed by atoms with Gasteiger partial charge in [0.05, 0.1) is 0 Å². The number of hydrogen-bond acceptors (Lipinski definition) is 2. The van der Waals surface area contributed by atoms with Gasteiger partial charge in [-0.05, 0) is 0 Å². The summed E-state index contributed by atoms with van der Waals surface area (Å²) in [5.41, 5.74) is 5.84. The van der Waals surface area contributed by atoms with E-state index in [9.17, 15) is 0 Å². The molecule has 1 fully saturated rings. The van der Waals surface area contributed by atoms with Crippen LogP contribution in [0.25, 0.3) is 0 Å². The van der Waals surface area contributed by atoms with Crippen LogP contribution in [0.4, 0.5) is 0 Å². The van der Waals surface area contributed by atoms with Gasteiger partial charge in [0, 0.05) is 18.3 Å². The predicted molar refractivity (Wildman–Crippen MR) is 27.4 cm³/mol. The highest BCUT2D eigenvalue weighted by atomic mass is 32.1. The second kappa shape index (κ2) is 1.82. The number of rotatable bonds is 0. The average Bonchev–Trinajstić information content (AvgIpc) is 1.86. The first-order valence-corrected chi connectivity index (χ1v) is 2.48. The van der Waals surface area contributed by atoms with Crippen LogP contribution in [0.5, 0.6) is 0 Å². The van der Waals surface area contributed by atoms with E-state index in [0.717, 1.165) is 13.1 Å². The summed E-state index contributed by atoms with van der Waals surface area (Å²) in [6.45, 7) is 1.88. The molecule has 35 valence electrons. The SMILES string of the molecule is [S]C1CNNC1. The van der Waals surface area contributed by atoms with E-state index in [2.05, 4.69) is 10.9 Å². The van der Waals surface area contributed by atoms with E-state index < -0.39 is 0 Å². The molecule has 6 heavy (non-hydrogen) atoms. The summed E-state index contributed by atoms with van der Waals surface area (Å²) in [5.74, 6) is 0. The first-order valence-electron chi connectivity index (χ1n) is 2.01. The van der Waals surface area contributed by atoms with Gasteiger partial charge in [-0.15, -0.1) is 0 Å². The highest BCUT2D eigenvalue weighted by Crippen LogP contribution is 1.92. The highest BCUT2D eigenvalue weighted by Gasteiger charge is 2.07. The van der Waals surface area contributed by atoms with E-state index in [4.69, 9.17) is 12.6 Å². The van der Waals surface area contributed by atoms with Crippen LogP contribution in [0.2, 0.25) is 0 Å².